The smallest absolute Gasteiger partial charge is 0.0411 e. The fourth-order valence-corrected chi connectivity index (χ4v) is 1.94. The Kier molecular flexibility index (Phi) is 5.33. The van der Waals surface area contributed by atoms with Gasteiger partial charge in [0.1, 0.15) is 0 Å². The Morgan fingerprint density at radius 3 is 2.56 bits per heavy atom. The summed E-state index contributed by atoms with van der Waals surface area (Å²) < 4.78 is 0. The molecule has 0 spiro atoms. The topological polar surface area (TPSA) is 29.3 Å². The van der Waals surface area contributed by atoms with Crippen LogP contribution in [-0.4, -0.2) is 13.6 Å². The van der Waals surface area contributed by atoms with Gasteiger partial charge in [0.15, 0.2) is 0 Å². The molecule has 0 bridgehead atoms. The van der Waals surface area contributed by atoms with Gasteiger partial charge < -0.3 is 10.6 Å². The van der Waals surface area contributed by atoms with Gasteiger partial charge in [0.25, 0.3) is 0 Å². The van der Waals surface area contributed by atoms with Crippen LogP contribution in [-0.2, 0) is 0 Å². The number of hydrogen-bond donors (Lipinski definition) is 1. The Bertz CT molecular complexity index is 307. The fraction of sp³-hybridized carbons (Fsp3) is 0.571. The Morgan fingerprint density at radius 1 is 1.25 bits per heavy atom. The molecular formula is C14H24N2. The summed E-state index contributed by atoms with van der Waals surface area (Å²) in [7, 11) is 2.15. The maximum Gasteiger partial charge on any atom is 0.0411 e. The minimum Gasteiger partial charge on any atom is -0.374 e. The Morgan fingerprint density at radius 2 is 1.94 bits per heavy atom. The van der Waals surface area contributed by atoms with Crippen molar-refractivity contribution in [3.8, 4) is 0 Å². The zero-order valence-electron chi connectivity index (χ0n) is 10.7. The lowest BCUT2D eigenvalue weighted by Gasteiger charge is -2.23. The molecule has 2 nitrogen and oxygen atoms in total. The fourth-order valence-electron chi connectivity index (χ4n) is 1.94. The van der Waals surface area contributed by atoms with E-state index in [1.807, 2.05) is 6.92 Å². The quantitative estimate of drug-likeness (QED) is 0.745. The Labute approximate surface area is 99.5 Å². The van der Waals surface area contributed by atoms with Crippen LogP contribution in [0.25, 0.3) is 0 Å². The highest BCUT2D eigenvalue weighted by Gasteiger charge is 2.09. The van der Waals surface area contributed by atoms with Gasteiger partial charge in [0.05, 0.1) is 0 Å². The van der Waals surface area contributed by atoms with E-state index in [2.05, 4.69) is 43.1 Å². The molecule has 90 valence electrons. The van der Waals surface area contributed by atoms with Crippen LogP contribution in [0.4, 0.5) is 5.69 Å². The predicted molar refractivity (Wildman–Crippen MR) is 71.8 cm³/mol. The summed E-state index contributed by atoms with van der Waals surface area (Å²) in [5, 5.41) is 0. The molecule has 0 aliphatic rings. The molecule has 0 unspecified atom stereocenters. The van der Waals surface area contributed by atoms with Gasteiger partial charge in [-0.1, -0.05) is 38.0 Å². The van der Waals surface area contributed by atoms with Crippen LogP contribution >= 0.6 is 0 Å². The van der Waals surface area contributed by atoms with Crippen molar-refractivity contribution in [2.45, 2.75) is 39.2 Å². The first-order chi connectivity index (χ1) is 7.66. The molecule has 1 atom stereocenters. The van der Waals surface area contributed by atoms with Gasteiger partial charge in [-0.25, -0.2) is 0 Å². The first-order valence-electron chi connectivity index (χ1n) is 6.22. The molecule has 2 N–H and O–H groups in total. The molecule has 0 saturated carbocycles. The standard InChI is InChI=1S/C14H24N2/c1-4-5-8-11-16(3)14-10-7-6-9-13(14)12(2)15/h6-7,9-10,12H,4-5,8,11,15H2,1-3H3/t12-/m0/s1. The van der Waals surface area contributed by atoms with Crippen molar-refractivity contribution in [3.05, 3.63) is 29.8 Å². The molecule has 0 radical (unpaired) electrons. The molecular weight excluding hydrogens is 196 g/mol. The van der Waals surface area contributed by atoms with Crippen molar-refractivity contribution in [3.63, 3.8) is 0 Å². The van der Waals surface area contributed by atoms with Gasteiger partial charge in [0.2, 0.25) is 0 Å². The van der Waals surface area contributed by atoms with Crippen LogP contribution in [0.2, 0.25) is 0 Å². The number of nitrogens with two attached hydrogens (primary N) is 1. The molecule has 0 heterocycles. The Hall–Kier alpha value is -1.02. The second kappa shape index (κ2) is 6.54. The lowest BCUT2D eigenvalue weighted by atomic mass is 10.1. The monoisotopic (exact) mass is 220 g/mol. The van der Waals surface area contributed by atoms with Crippen LogP contribution in [0.1, 0.15) is 44.7 Å². The first-order valence-corrected chi connectivity index (χ1v) is 6.22. The van der Waals surface area contributed by atoms with E-state index in [9.17, 15) is 0 Å². The molecule has 0 aromatic heterocycles. The number of hydrogen-bond acceptors (Lipinski definition) is 2. The van der Waals surface area contributed by atoms with Crippen LogP contribution in [0.15, 0.2) is 24.3 Å². The largest absolute Gasteiger partial charge is 0.374 e. The summed E-state index contributed by atoms with van der Waals surface area (Å²) >= 11 is 0. The van der Waals surface area contributed by atoms with E-state index >= 15 is 0 Å². The minimum absolute atomic E-state index is 0.102. The average Bonchev–Trinajstić information content (AvgIpc) is 2.29. The molecule has 0 amide bonds. The van der Waals surface area contributed by atoms with Crippen molar-refractivity contribution in [1.29, 1.82) is 0 Å². The van der Waals surface area contributed by atoms with E-state index in [0.717, 1.165) is 6.54 Å². The van der Waals surface area contributed by atoms with Gasteiger partial charge in [-0.2, -0.15) is 0 Å². The number of unbranched alkanes of at least 4 members (excludes halogenated alkanes) is 2. The van der Waals surface area contributed by atoms with Gasteiger partial charge in [-0.05, 0) is 25.0 Å². The van der Waals surface area contributed by atoms with Crippen molar-refractivity contribution >= 4 is 5.69 Å². The second-order valence-electron chi connectivity index (χ2n) is 4.48. The predicted octanol–water partition coefficient (Wildman–Crippen LogP) is 3.33. The molecule has 0 aliphatic carbocycles. The highest BCUT2D eigenvalue weighted by molar-refractivity contribution is 5.54. The molecule has 0 aliphatic heterocycles. The Balaban J connectivity index is 2.70. The molecule has 1 aromatic rings. The van der Waals surface area contributed by atoms with Gasteiger partial charge in [-0.15, -0.1) is 0 Å². The van der Waals surface area contributed by atoms with Crippen LogP contribution in [0, 0.1) is 0 Å². The second-order valence-corrected chi connectivity index (χ2v) is 4.48. The lowest BCUT2D eigenvalue weighted by molar-refractivity contribution is 0.700. The summed E-state index contributed by atoms with van der Waals surface area (Å²) in [5.41, 5.74) is 8.49. The highest BCUT2D eigenvalue weighted by Crippen LogP contribution is 2.24. The minimum atomic E-state index is 0.102. The van der Waals surface area contributed by atoms with Crippen molar-refractivity contribution in [1.82, 2.24) is 0 Å². The lowest BCUT2D eigenvalue weighted by Crippen LogP contribution is -2.21. The van der Waals surface area contributed by atoms with E-state index in [1.54, 1.807) is 0 Å². The number of para-hydroxylation sites is 1. The van der Waals surface area contributed by atoms with E-state index in [1.165, 1.54) is 30.5 Å². The molecule has 16 heavy (non-hydrogen) atoms. The third-order valence-corrected chi connectivity index (χ3v) is 2.94. The molecule has 2 heteroatoms. The molecule has 1 aromatic carbocycles. The first kappa shape index (κ1) is 13.0. The van der Waals surface area contributed by atoms with Crippen LogP contribution in [0.5, 0.6) is 0 Å². The van der Waals surface area contributed by atoms with Crippen LogP contribution < -0.4 is 10.6 Å². The average molecular weight is 220 g/mol. The summed E-state index contributed by atoms with van der Waals surface area (Å²) in [6.45, 7) is 5.38. The third kappa shape index (κ3) is 3.53. The van der Waals surface area contributed by atoms with E-state index in [4.69, 9.17) is 5.73 Å². The summed E-state index contributed by atoms with van der Waals surface area (Å²) in [4.78, 5) is 2.31. The van der Waals surface area contributed by atoms with Gasteiger partial charge >= 0.3 is 0 Å². The zero-order chi connectivity index (χ0) is 12.0. The number of benzene rings is 1. The number of anilines is 1. The number of rotatable bonds is 6. The van der Waals surface area contributed by atoms with Gasteiger partial charge in [0, 0.05) is 25.3 Å². The normalized spacial score (nSPS) is 12.5. The summed E-state index contributed by atoms with van der Waals surface area (Å²) in [6.07, 6.45) is 3.81. The van der Waals surface area contributed by atoms with E-state index in [0.29, 0.717) is 0 Å². The summed E-state index contributed by atoms with van der Waals surface area (Å²) in [6, 6.07) is 8.52. The molecule has 0 saturated heterocycles. The number of nitrogens with zero attached hydrogens (tertiary/aromatic N) is 1. The van der Waals surface area contributed by atoms with Crippen molar-refractivity contribution in [2.75, 3.05) is 18.5 Å². The van der Waals surface area contributed by atoms with E-state index in [-0.39, 0.29) is 6.04 Å². The molecule has 1 rings (SSSR count). The third-order valence-electron chi connectivity index (χ3n) is 2.94. The molecule has 0 fully saturated rings. The van der Waals surface area contributed by atoms with E-state index < -0.39 is 0 Å². The maximum absolute atomic E-state index is 5.98. The van der Waals surface area contributed by atoms with Crippen molar-refractivity contribution in [2.24, 2.45) is 5.73 Å². The van der Waals surface area contributed by atoms with Crippen molar-refractivity contribution < 1.29 is 0 Å². The highest BCUT2D eigenvalue weighted by atomic mass is 15.1. The summed E-state index contributed by atoms with van der Waals surface area (Å²) in [5.74, 6) is 0. The SMILES string of the molecule is CCCCCN(C)c1ccccc1[C@H](C)N. The van der Waals surface area contributed by atoms with Gasteiger partial charge in [-0.3, -0.25) is 0 Å². The maximum atomic E-state index is 5.98. The van der Waals surface area contributed by atoms with Crippen LogP contribution in [0.3, 0.4) is 0 Å². The zero-order valence-corrected chi connectivity index (χ0v) is 10.7.